The van der Waals surface area contributed by atoms with Crippen LogP contribution in [-0.2, 0) is 16.6 Å². The molecule has 32 heavy (non-hydrogen) atoms. The van der Waals surface area contributed by atoms with Gasteiger partial charge in [0.25, 0.3) is 17.4 Å². The van der Waals surface area contributed by atoms with Crippen LogP contribution in [0.1, 0.15) is 5.69 Å². The van der Waals surface area contributed by atoms with Crippen LogP contribution in [0.5, 0.6) is 0 Å². The molecule has 0 radical (unpaired) electrons. The number of hydrogen-bond acceptors (Lipinski definition) is 4. The highest BCUT2D eigenvalue weighted by molar-refractivity contribution is 6.53. The van der Waals surface area contributed by atoms with E-state index in [1.54, 1.807) is 55.1 Å². The van der Waals surface area contributed by atoms with Crippen LogP contribution in [0.3, 0.4) is 0 Å². The predicted molar refractivity (Wildman–Crippen MR) is 116 cm³/mol. The first-order valence-corrected chi connectivity index (χ1v) is 9.72. The van der Waals surface area contributed by atoms with Crippen molar-refractivity contribution in [1.29, 1.82) is 0 Å². The Morgan fingerprint density at radius 3 is 2.06 bits per heavy atom. The standard InChI is InChI=1S/C21H16Cl2N4O3.2ClH/c1-12-17(21(30)27(25(12)2)13-8-4-3-5-9-13)24-18-16(23)19(28)26(20(18)29)15-11-7-6-10-14(15)22;;/h3-11,24H,1-2H3;2*1H/p-2. The van der Waals surface area contributed by atoms with Crippen molar-refractivity contribution in [2.45, 2.75) is 6.92 Å². The van der Waals surface area contributed by atoms with Gasteiger partial charge in [-0.25, -0.2) is 9.58 Å². The van der Waals surface area contributed by atoms with E-state index in [0.717, 1.165) is 4.90 Å². The molecule has 0 saturated carbocycles. The number of imide groups is 1. The van der Waals surface area contributed by atoms with E-state index in [9.17, 15) is 14.4 Å². The van der Waals surface area contributed by atoms with Crippen molar-refractivity contribution in [1.82, 2.24) is 9.36 Å². The summed E-state index contributed by atoms with van der Waals surface area (Å²) >= 11 is 12.3. The molecule has 2 aromatic carbocycles. The molecule has 0 spiro atoms. The molecule has 1 aliphatic rings. The molecule has 0 bridgehead atoms. The number of carbonyl (C=O) groups is 2. The van der Waals surface area contributed by atoms with Crippen LogP contribution in [0.2, 0.25) is 5.02 Å². The Kier molecular flexibility index (Phi) is 7.85. The third-order valence-electron chi connectivity index (χ3n) is 4.92. The van der Waals surface area contributed by atoms with Gasteiger partial charge >= 0.3 is 0 Å². The van der Waals surface area contributed by atoms with E-state index in [-0.39, 0.29) is 57.5 Å². The lowest BCUT2D eigenvalue weighted by molar-refractivity contribution is -0.120. The van der Waals surface area contributed by atoms with Crippen LogP contribution < -0.4 is 40.6 Å². The van der Waals surface area contributed by atoms with Gasteiger partial charge in [-0.1, -0.05) is 53.5 Å². The molecule has 7 nitrogen and oxygen atoms in total. The second-order valence-corrected chi connectivity index (χ2v) is 7.43. The zero-order valence-electron chi connectivity index (χ0n) is 16.8. The van der Waals surface area contributed by atoms with Crippen molar-refractivity contribution in [2.75, 3.05) is 10.2 Å². The van der Waals surface area contributed by atoms with Gasteiger partial charge in [0.05, 0.1) is 22.1 Å². The Morgan fingerprint density at radius 1 is 0.844 bits per heavy atom. The highest BCUT2D eigenvalue weighted by atomic mass is 35.5. The number of carbonyl (C=O) groups excluding carboxylic acids is 2. The monoisotopic (exact) mass is 512 g/mol. The number of nitrogens with zero attached hydrogens (tertiary/aromatic N) is 3. The lowest BCUT2D eigenvalue weighted by atomic mass is 10.3. The van der Waals surface area contributed by atoms with Gasteiger partial charge in [0.1, 0.15) is 16.4 Å². The maximum Gasteiger partial charge on any atom is 0.295 e. The number of nitrogens with one attached hydrogen (secondary N) is 1. The third kappa shape index (κ3) is 4.04. The average Bonchev–Trinajstić information content (AvgIpc) is 3.08. The minimum Gasteiger partial charge on any atom is -1.00 e. The van der Waals surface area contributed by atoms with Gasteiger partial charge < -0.3 is 30.1 Å². The molecule has 2 amide bonds. The summed E-state index contributed by atoms with van der Waals surface area (Å²) in [6.07, 6.45) is 0. The second-order valence-electron chi connectivity index (χ2n) is 6.65. The van der Waals surface area contributed by atoms with Crippen molar-refractivity contribution in [3.8, 4) is 5.69 Å². The van der Waals surface area contributed by atoms with E-state index in [0.29, 0.717) is 11.4 Å². The van der Waals surface area contributed by atoms with Gasteiger partial charge in [-0.2, -0.15) is 0 Å². The Morgan fingerprint density at radius 2 is 1.44 bits per heavy atom. The first-order chi connectivity index (χ1) is 14.3. The molecule has 4 rings (SSSR count). The first-order valence-electron chi connectivity index (χ1n) is 8.97. The van der Waals surface area contributed by atoms with E-state index in [2.05, 4.69) is 5.32 Å². The zero-order valence-corrected chi connectivity index (χ0v) is 19.8. The number of aromatic nitrogens is 2. The molecular formula is C21H16Cl4N4O3-2. The van der Waals surface area contributed by atoms with Crippen molar-refractivity contribution in [3.63, 3.8) is 0 Å². The van der Waals surface area contributed by atoms with Gasteiger partial charge in [-0.3, -0.25) is 19.1 Å². The van der Waals surface area contributed by atoms with Crippen molar-refractivity contribution >= 4 is 46.4 Å². The van der Waals surface area contributed by atoms with Crippen LogP contribution in [-0.4, -0.2) is 21.2 Å². The largest absolute Gasteiger partial charge is 1.00 e. The number of amides is 2. The van der Waals surface area contributed by atoms with Crippen LogP contribution in [0.25, 0.3) is 5.69 Å². The van der Waals surface area contributed by atoms with E-state index in [1.165, 1.54) is 4.68 Å². The Balaban J connectivity index is 0.00000181. The third-order valence-corrected chi connectivity index (χ3v) is 5.60. The SMILES string of the molecule is Cc1c(NC2=C(Cl)C(=O)N(c3ccccc3Cl)C2=O)c(=O)n(-c2ccccc2)n1C.[Cl-].[Cl-]. The van der Waals surface area contributed by atoms with E-state index in [4.69, 9.17) is 23.2 Å². The highest BCUT2D eigenvalue weighted by Gasteiger charge is 2.40. The zero-order chi connectivity index (χ0) is 21.6. The van der Waals surface area contributed by atoms with Gasteiger partial charge in [0.2, 0.25) is 0 Å². The summed E-state index contributed by atoms with van der Waals surface area (Å²) in [4.78, 5) is 39.6. The fourth-order valence-corrected chi connectivity index (χ4v) is 3.73. The van der Waals surface area contributed by atoms with Crippen LogP contribution in [0, 0.1) is 6.92 Å². The van der Waals surface area contributed by atoms with Gasteiger partial charge in [-0.15, -0.1) is 0 Å². The molecule has 0 unspecified atom stereocenters. The summed E-state index contributed by atoms with van der Waals surface area (Å²) in [5.74, 6) is -1.40. The molecule has 0 saturated heterocycles. The Hall–Kier alpha value is -2.71. The number of para-hydroxylation sites is 2. The summed E-state index contributed by atoms with van der Waals surface area (Å²) in [7, 11) is 1.72. The smallest absolute Gasteiger partial charge is 0.295 e. The lowest BCUT2D eigenvalue weighted by Crippen LogP contribution is -3.00. The fraction of sp³-hybridized carbons (Fsp3) is 0.0952. The molecule has 0 aliphatic carbocycles. The molecule has 0 fully saturated rings. The summed E-state index contributed by atoms with van der Waals surface area (Å²) in [5, 5.41) is 2.71. The minimum absolute atomic E-state index is 0. The van der Waals surface area contributed by atoms with Crippen LogP contribution in [0.15, 0.2) is 70.1 Å². The molecule has 3 aromatic rings. The molecule has 1 aromatic heterocycles. The van der Waals surface area contributed by atoms with Gasteiger partial charge in [0.15, 0.2) is 0 Å². The molecular weight excluding hydrogens is 498 g/mol. The molecule has 168 valence electrons. The minimum atomic E-state index is -0.714. The molecule has 1 aliphatic heterocycles. The Bertz CT molecular complexity index is 1280. The molecule has 2 heterocycles. The van der Waals surface area contributed by atoms with Crippen LogP contribution in [0.4, 0.5) is 11.4 Å². The summed E-state index contributed by atoms with van der Waals surface area (Å²) in [6.45, 7) is 1.73. The predicted octanol–water partition coefficient (Wildman–Crippen LogP) is -2.42. The van der Waals surface area contributed by atoms with Crippen LogP contribution >= 0.6 is 23.2 Å². The maximum absolute atomic E-state index is 13.1. The number of anilines is 2. The van der Waals surface area contributed by atoms with Crippen molar-refractivity contribution < 1.29 is 34.4 Å². The Labute approximate surface area is 206 Å². The van der Waals surface area contributed by atoms with Gasteiger partial charge in [-0.05, 0) is 31.2 Å². The summed E-state index contributed by atoms with van der Waals surface area (Å²) < 4.78 is 3.11. The van der Waals surface area contributed by atoms with E-state index in [1.807, 2.05) is 18.2 Å². The van der Waals surface area contributed by atoms with Gasteiger partial charge in [0, 0.05) is 7.05 Å². The second kappa shape index (κ2) is 9.83. The number of rotatable bonds is 4. The number of hydrogen-bond donors (Lipinski definition) is 1. The molecule has 11 heteroatoms. The first kappa shape index (κ1) is 25.5. The molecule has 1 N–H and O–H groups in total. The maximum atomic E-state index is 13.1. The lowest BCUT2D eigenvalue weighted by Gasteiger charge is -2.16. The fourth-order valence-electron chi connectivity index (χ4n) is 3.30. The topological polar surface area (TPSA) is 76.3 Å². The number of benzene rings is 2. The average molecular weight is 514 g/mol. The number of halogens is 4. The normalized spacial score (nSPS) is 13.2. The van der Waals surface area contributed by atoms with E-state index < -0.39 is 11.8 Å². The van der Waals surface area contributed by atoms with Crippen molar-refractivity contribution in [3.05, 3.63) is 86.4 Å². The van der Waals surface area contributed by atoms with Crippen molar-refractivity contribution in [2.24, 2.45) is 7.05 Å². The summed E-state index contributed by atoms with van der Waals surface area (Å²) in [6, 6.07) is 15.5. The highest BCUT2D eigenvalue weighted by Crippen LogP contribution is 2.34. The quantitative estimate of drug-likeness (QED) is 0.394. The molecule has 0 atom stereocenters. The van der Waals surface area contributed by atoms with E-state index >= 15 is 0 Å². The summed E-state index contributed by atoms with van der Waals surface area (Å²) in [5.41, 5.74) is 1.04.